The first kappa shape index (κ1) is 21.4. The van der Waals surface area contributed by atoms with Crippen molar-refractivity contribution in [1.82, 2.24) is 10.2 Å². The lowest BCUT2D eigenvalue weighted by molar-refractivity contribution is 0.0600. The Bertz CT molecular complexity index is 1130. The third-order valence-corrected chi connectivity index (χ3v) is 5.84. The van der Waals surface area contributed by atoms with Gasteiger partial charge in [0.2, 0.25) is 0 Å². The van der Waals surface area contributed by atoms with Crippen LogP contribution < -0.4 is 15.4 Å². The van der Waals surface area contributed by atoms with Crippen molar-refractivity contribution in [1.29, 1.82) is 0 Å². The number of benzene rings is 2. The number of hydrogen-bond donors (Lipinski definition) is 2. The fourth-order valence-corrected chi connectivity index (χ4v) is 4.21. The van der Waals surface area contributed by atoms with Crippen molar-refractivity contribution in [3.63, 3.8) is 0 Å². The van der Waals surface area contributed by atoms with Crippen molar-refractivity contribution in [3.05, 3.63) is 59.7 Å². The Kier molecular flexibility index (Phi) is 6.11. The first-order chi connectivity index (χ1) is 15.5. The van der Waals surface area contributed by atoms with Gasteiger partial charge in [-0.3, -0.25) is 0 Å². The number of piperidine rings is 1. The van der Waals surface area contributed by atoms with Gasteiger partial charge in [0.05, 0.1) is 31.2 Å². The van der Waals surface area contributed by atoms with Gasteiger partial charge >= 0.3 is 5.97 Å². The Morgan fingerprint density at radius 2 is 1.97 bits per heavy atom. The van der Waals surface area contributed by atoms with Gasteiger partial charge in [-0.15, -0.1) is 10.2 Å². The number of hydrogen-bond acceptors (Lipinski definition) is 8. The van der Waals surface area contributed by atoms with Crippen molar-refractivity contribution in [2.24, 2.45) is 0 Å². The molecule has 1 aliphatic heterocycles. The van der Waals surface area contributed by atoms with E-state index in [4.69, 9.17) is 15.2 Å². The third-order valence-electron chi connectivity index (χ3n) is 5.84. The van der Waals surface area contributed by atoms with Crippen molar-refractivity contribution in [2.75, 3.05) is 37.9 Å². The van der Waals surface area contributed by atoms with Crippen LogP contribution in [-0.4, -0.2) is 48.6 Å². The second-order valence-corrected chi connectivity index (χ2v) is 7.75. The lowest BCUT2D eigenvalue weighted by Gasteiger charge is -2.35. The second kappa shape index (κ2) is 9.13. The Labute approximate surface area is 186 Å². The number of para-hydroxylation sites is 1. The maximum absolute atomic E-state index is 11.9. The fourth-order valence-electron chi connectivity index (χ4n) is 4.21. The minimum atomic E-state index is -0.396. The van der Waals surface area contributed by atoms with Gasteiger partial charge in [-0.2, -0.15) is 0 Å². The Morgan fingerprint density at radius 3 is 2.72 bits per heavy atom. The normalized spacial score (nSPS) is 15.9. The van der Waals surface area contributed by atoms with E-state index in [1.54, 1.807) is 37.4 Å². The molecule has 2 aromatic carbocycles. The standard InChI is InChI=1S/C24H26N4O4/c1-31-22-12-15(24(30)32-2)9-10-17(22)16-6-5-11-28(14-16)20-13-19(26-27-23(20)25)18-7-3-4-8-21(18)29/h3-4,7-10,12-13,16,29H,5-6,11,14H2,1-2H3,(H2,25,27)/t16-/m0/s1. The molecule has 2 heterocycles. The molecule has 1 fully saturated rings. The van der Waals surface area contributed by atoms with Crippen molar-refractivity contribution in [3.8, 4) is 22.8 Å². The first-order valence-electron chi connectivity index (χ1n) is 10.4. The number of carbonyl (C=O) groups excluding carboxylic acids is 1. The highest BCUT2D eigenvalue weighted by atomic mass is 16.5. The SMILES string of the molecule is COC(=O)c1ccc([C@H]2CCCN(c3cc(-c4ccccc4O)nnc3N)C2)c(OC)c1. The summed E-state index contributed by atoms with van der Waals surface area (Å²) < 4.78 is 10.4. The summed E-state index contributed by atoms with van der Waals surface area (Å²) in [7, 11) is 2.96. The average Bonchev–Trinajstić information content (AvgIpc) is 2.84. The zero-order valence-electron chi connectivity index (χ0n) is 18.1. The van der Waals surface area contributed by atoms with Crippen molar-refractivity contribution in [2.45, 2.75) is 18.8 Å². The van der Waals surface area contributed by atoms with E-state index in [-0.39, 0.29) is 11.7 Å². The number of ether oxygens (including phenoxy) is 2. The molecule has 3 N–H and O–H groups in total. The van der Waals surface area contributed by atoms with Crippen LogP contribution in [-0.2, 0) is 4.74 Å². The molecule has 8 heteroatoms. The lowest BCUT2D eigenvalue weighted by Crippen LogP contribution is -2.35. The van der Waals surface area contributed by atoms with Gasteiger partial charge in [0.1, 0.15) is 11.5 Å². The maximum atomic E-state index is 11.9. The number of methoxy groups -OCH3 is 2. The van der Waals surface area contributed by atoms with E-state index in [1.807, 2.05) is 18.2 Å². The lowest BCUT2D eigenvalue weighted by atomic mass is 9.89. The molecule has 0 spiro atoms. The highest BCUT2D eigenvalue weighted by Gasteiger charge is 2.26. The average molecular weight is 434 g/mol. The topological polar surface area (TPSA) is 111 Å². The number of anilines is 2. The molecule has 0 aliphatic carbocycles. The number of esters is 1. The van der Waals surface area contributed by atoms with Gasteiger partial charge in [0, 0.05) is 24.6 Å². The van der Waals surface area contributed by atoms with E-state index < -0.39 is 5.97 Å². The van der Waals surface area contributed by atoms with Crippen LogP contribution in [0.4, 0.5) is 11.5 Å². The number of phenols is 1. The number of rotatable bonds is 5. The smallest absolute Gasteiger partial charge is 0.337 e. The van der Waals surface area contributed by atoms with E-state index >= 15 is 0 Å². The van der Waals surface area contributed by atoms with Crippen LogP contribution in [0.15, 0.2) is 48.5 Å². The van der Waals surface area contributed by atoms with Gasteiger partial charge in [0.25, 0.3) is 0 Å². The van der Waals surface area contributed by atoms with E-state index in [9.17, 15) is 9.90 Å². The Hall–Kier alpha value is -3.81. The zero-order valence-corrected chi connectivity index (χ0v) is 18.1. The summed E-state index contributed by atoms with van der Waals surface area (Å²) in [6.07, 6.45) is 1.94. The molecule has 166 valence electrons. The number of nitrogen functional groups attached to an aromatic ring is 1. The highest BCUT2D eigenvalue weighted by molar-refractivity contribution is 5.90. The van der Waals surface area contributed by atoms with Crippen LogP contribution in [0, 0.1) is 0 Å². The highest BCUT2D eigenvalue weighted by Crippen LogP contribution is 2.38. The molecule has 0 unspecified atom stereocenters. The van der Waals surface area contributed by atoms with E-state index in [0.717, 1.165) is 30.6 Å². The van der Waals surface area contributed by atoms with Gasteiger partial charge in [-0.05, 0) is 48.7 Å². The number of phenolic OH excluding ortho intramolecular Hbond substituents is 1. The number of aromatic hydroxyl groups is 1. The quantitative estimate of drug-likeness (QED) is 0.586. The predicted octanol–water partition coefficient (Wildman–Crippen LogP) is 3.61. The van der Waals surface area contributed by atoms with Crippen molar-refractivity contribution >= 4 is 17.5 Å². The van der Waals surface area contributed by atoms with Crippen LogP contribution >= 0.6 is 0 Å². The first-order valence-corrected chi connectivity index (χ1v) is 10.4. The van der Waals surface area contributed by atoms with E-state index in [1.165, 1.54) is 7.11 Å². The molecule has 32 heavy (non-hydrogen) atoms. The molecule has 1 saturated heterocycles. The fraction of sp³-hybridized carbons (Fsp3) is 0.292. The Balaban J connectivity index is 1.63. The summed E-state index contributed by atoms with van der Waals surface area (Å²) in [4.78, 5) is 14.1. The molecule has 1 atom stereocenters. The van der Waals surface area contributed by atoms with Crippen LogP contribution in [0.2, 0.25) is 0 Å². The zero-order chi connectivity index (χ0) is 22.7. The molecule has 1 aliphatic rings. The van der Waals surface area contributed by atoms with Crippen LogP contribution in [0.3, 0.4) is 0 Å². The molecular formula is C24H26N4O4. The maximum Gasteiger partial charge on any atom is 0.337 e. The summed E-state index contributed by atoms with van der Waals surface area (Å²) in [5.41, 5.74) is 9.64. The summed E-state index contributed by atoms with van der Waals surface area (Å²) >= 11 is 0. The van der Waals surface area contributed by atoms with E-state index in [2.05, 4.69) is 15.1 Å². The minimum absolute atomic E-state index is 0.143. The van der Waals surface area contributed by atoms with Crippen LogP contribution in [0.5, 0.6) is 11.5 Å². The number of nitrogens with two attached hydrogens (primary N) is 1. The molecule has 0 amide bonds. The van der Waals surface area contributed by atoms with Gasteiger partial charge in [-0.1, -0.05) is 18.2 Å². The summed E-state index contributed by atoms with van der Waals surface area (Å²) in [5, 5.41) is 18.5. The van der Waals surface area contributed by atoms with Gasteiger partial charge in [-0.25, -0.2) is 4.79 Å². The number of carbonyl (C=O) groups is 1. The molecule has 3 aromatic rings. The molecular weight excluding hydrogens is 408 g/mol. The molecule has 0 saturated carbocycles. The second-order valence-electron chi connectivity index (χ2n) is 7.75. The van der Waals surface area contributed by atoms with Crippen LogP contribution in [0.25, 0.3) is 11.3 Å². The number of aromatic nitrogens is 2. The number of nitrogens with zero attached hydrogens (tertiary/aromatic N) is 3. The molecule has 1 aromatic heterocycles. The molecule has 0 bridgehead atoms. The van der Waals surface area contributed by atoms with E-state index in [0.29, 0.717) is 34.9 Å². The van der Waals surface area contributed by atoms with Gasteiger partial charge < -0.3 is 25.2 Å². The molecule has 0 radical (unpaired) electrons. The summed E-state index contributed by atoms with van der Waals surface area (Å²) in [6.45, 7) is 1.54. The largest absolute Gasteiger partial charge is 0.507 e. The summed E-state index contributed by atoms with van der Waals surface area (Å²) in [6, 6.07) is 14.3. The minimum Gasteiger partial charge on any atom is -0.507 e. The molecule has 4 rings (SSSR count). The Morgan fingerprint density at radius 1 is 1.16 bits per heavy atom. The van der Waals surface area contributed by atoms with Crippen LogP contribution in [0.1, 0.15) is 34.7 Å². The third kappa shape index (κ3) is 4.16. The molecule has 8 nitrogen and oxygen atoms in total. The van der Waals surface area contributed by atoms with Gasteiger partial charge in [0.15, 0.2) is 5.82 Å². The monoisotopic (exact) mass is 434 g/mol. The van der Waals surface area contributed by atoms with Crippen molar-refractivity contribution < 1.29 is 19.4 Å². The predicted molar refractivity (Wildman–Crippen MR) is 122 cm³/mol. The summed E-state index contributed by atoms with van der Waals surface area (Å²) in [5.74, 6) is 0.941.